The van der Waals surface area contributed by atoms with Gasteiger partial charge in [-0.3, -0.25) is 14.9 Å². The van der Waals surface area contributed by atoms with Crippen LogP contribution in [0.15, 0.2) is 46.2 Å². The number of para-hydroxylation sites is 1. The molecule has 3 rings (SSSR count). The molecule has 1 aromatic carbocycles. The highest BCUT2D eigenvalue weighted by Gasteiger charge is 2.14. The van der Waals surface area contributed by atoms with Crippen molar-refractivity contribution in [2.24, 2.45) is 0 Å². The van der Waals surface area contributed by atoms with Crippen molar-refractivity contribution in [1.29, 1.82) is 0 Å². The van der Waals surface area contributed by atoms with Crippen molar-refractivity contribution in [3.8, 4) is 17.2 Å². The SMILES string of the molecule is CCC(C)c1ccccc1OCC(=O)Nc1nc(-c2ccc(CNC(C)=O)o2)cs1. The number of thiazole rings is 1. The number of carbonyl (C=O) groups is 2. The van der Waals surface area contributed by atoms with Crippen molar-refractivity contribution in [2.75, 3.05) is 11.9 Å². The fourth-order valence-corrected chi connectivity index (χ4v) is 3.52. The lowest BCUT2D eigenvalue weighted by molar-refractivity contribution is -0.119. The number of hydrogen-bond donors (Lipinski definition) is 2. The molecule has 1 unspecified atom stereocenters. The number of nitrogens with zero attached hydrogens (tertiary/aromatic N) is 1. The van der Waals surface area contributed by atoms with E-state index in [1.807, 2.05) is 24.3 Å². The summed E-state index contributed by atoms with van der Waals surface area (Å²) in [5, 5.41) is 7.70. The van der Waals surface area contributed by atoms with Gasteiger partial charge in [0.2, 0.25) is 5.91 Å². The van der Waals surface area contributed by atoms with Gasteiger partial charge in [0.05, 0.1) is 6.54 Å². The molecular formula is C22H25N3O4S. The smallest absolute Gasteiger partial charge is 0.264 e. The highest BCUT2D eigenvalue weighted by molar-refractivity contribution is 7.14. The Morgan fingerprint density at radius 1 is 1.23 bits per heavy atom. The fraction of sp³-hybridized carbons (Fsp3) is 0.318. The molecule has 8 heteroatoms. The Hall–Kier alpha value is -3.13. The molecule has 7 nitrogen and oxygen atoms in total. The van der Waals surface area contributed by atoms with E-state index in [-0.39, 0.29) is 18.4 Å². The van der Waals surface area contributed by atoms with Crippen LogP contribution in [0.5, 0.6) is 5.75 Å². The van der Waals surface area contributed by atoms with E-state index < -0.39 is 0 Å². The average Bonchev–Trinajstić information content (AvgIpc) is 3.39. The Labute approximate surface area is 179 Å². The number of amides is 2. The quantitative estimate of drug-likeness (QED) is 0.522. The fourth-order valence-electron chi connectivity index (χ4n) is 2.80. The Balaban J connectivity index is 1.56. The first-order chi connectivity index (χ1) is 14.5. The van der Waals surface area contributed by atoms with E-state index in [4.69, 9.17) is 9.15 Å². The van der Waals surface area contributed by atoms with Crippen LogP contribution < -0.4 is 15.4 Å². The monoisotopic (exact) mass is 427 g/mol. The Morgan fingerprint density at radius 3 is 2.80 bits per heavy atom. The zero-order chi connectivity index (χ0) is 21.5. The summed E-state index contributed by atoms with van der Waals surface area (Å²) in [6.07, 6.45) is 0.994. The molecule has 1 atom stereocenters. The molecular weight excluding hydrogens is 402 g/mol. The van der Waals surface area contributed by atoms with E-state index in [1.165, 1.54) is 18.3 Å². The van der Waals surface area contributed by atoms with Crippen molar-refractivity contribution in [1.82, 2.24) is 10.3 Å². The van der Waals surface area contributed by atoms with Gasteiger partial charge in [-0.25, -0.2) is 4.98 Å². The highest BCUT2D eigenvalue weighted by atomic mass is 32.1. The Bertz CT molecular complexity index is 1010. The second-order valence-electron chi connectivity index (χ2n) is 6.90. The van der Waals surface area contributed by atoms with Gasteiger partial charge in [0.1, 0.15) is 17.2 Å². The number of nitrogens with one attached hydrogen (secondary N) is 2. The predicted molar refractivity (Wildman–Crippen MR) is 117 cm³/mol. The molecule has 2 N–H and O–H groups in total. The van der Waals surface area contributed by atoms with Gasteiger partial charge in [-0.05, 0) is 36.1 Å². The summed E-state index contributed by atoms with van der Waals surface area (Å²) < 4.78 is 11.4. The maximum Gasteiger partial charge on any atom is 0.264 e. The average molecular weight is 428 g/mol. The van der Waals surface area contributed by atoms with E-state index >= 15 is 0 Å². The van der Waals surface area contributed by atoms with E-state index in [0.29, 0.717) is 34.8 Å². The summed E-state index contributed by atoms with van der Waals surface area (Å²) in [5.41, 5.74) is 1.71. The number of carbonyl (C=O) groups excluding carboxylic acids is 2. The van der Waals surface area contributed by atoms with Crippen LogP contribution in [0.2, 0.25) is 0 Å². The Kier molecular flexibility index (Phi) is 7.24. The molecule has 158 valence electrons. The summed E-state index contributed by atoms with van der Waals surface area (Å²) in [7, 11) is 0. The minimum Gasteiger partial charge on any atom is -0.483 e. The third-order valence-electron chi connectivity index (χ3n) is 4.60. The van der Waals surface area contributed by atoms with Gasteiger partial charge in [0, 0.05) is 12.3 Å². The van der Waals surface area contributed by atoms with E-state index in [0.717, 1.165) is 17.7 Å². The summed E-state index contributed by atoms with van der Waals surface area (Å²) in [6.45, 7) is 5.93. The van der Waals surface area contributed by atoms with E-state index in [1.54, 1.807) is 17.5 Å². The molecule has 3 aromatic rings. The van der Waals surface area contributed by atoms with Gasteiger partial charge in [0.25, 0.3) is 5.91 Å². The van der Waals surface area contributed by atoms with Crippen molar-refractivity contribution in [2.45, 2.75) is 39.7 Å². The predicted octanol–water partition coefficient (Wildman–Crippen LogP) is 4.57. The minimum absolute atomic E-state index is 0.0933. The second-order valence-corrected chi connectivity index (χ2v) is 7.76. The number of rotatable bonds is 9. The lowest BCUT2D eigenvalue weighted by Crippen LogP contribution is -2.20. The number of anilines is 1. The van der Waals surface area contributed by atoms with Crippen molar-refractivity contribution < 1.29 is 18.7 Å². The van der Waals surface area contributed by atoms with Gasteiger partial charge < -0.3 is 14.5 Å². The highest BCUT2D eigenvalue weighted by Crippen LogP contribution is 2.29. The van der Waals surface area contributed by atoms with Gasteiger partial charge in [-0.15, -0.1) is 11.3 Å². The molecule has 0 spiro atoms. The third-order valence-corrected chi connectivity index (χ3v) is 5.35. The molecule has 0 aliphatic rings. The standard InChI is InChI=1S/C22H25N3O4S/c1-4-14(2)17-7-5-6-8-19(17)28-12-21(27)25-22-24-18(13-30-22)20-10-9-16(29-20)11-23-15(3)26/h5-10,13-14H,4,11-12H2,1-3H3,(H,23,26)(H,24,25,27). The van der Waals surface area contributed by atoms with Crippen LogP contribution >= 0.6 is 11.3 Å². The topological polar surface area (TPSA) is 93.5 Å². The lowest BCUT2D eigenvalue weighted by atomic mass is 9.98. The molecule has 0 saturated heterocycles. The number of aromatic nitrogens is 1. The number of furan rings is 1. The van der Waals surface area contributed by atoms with Crippen molar-refractivity contribution in [3.63, 3.8) is 0 Å². The molecule has 2 amide bonds. The van der Waals surface area contributed by atoms with Crippen LogP contribution in [0.4, 0.5) is 5.13 Å². The molecule has 0 bridgehead atoms. The normalized spacial score (nSPS) is 11.7. The van der Waals surface area contributed by atoms with Crippen LogP contribution in [0.25, 0.3) is 11.5 Å². The van der Waals surface area contributed by atoms with Gasteiger partial charge in [0.15, 0.2) is 17.5 Å². The molecule has 0 aliphatic heterocycles. The minimum atomic E-state index is -0.277. The number of benzene rings is 1. The van der Waals surface area contributed by atoms with Crippen molar-refractivity contribution in [3.05, 3.63) is 53.1 Å². The van der Waals surface area contributed by atoms with E-state index in [9.17, 15) is 9.59 Å². The third kappa shape index (κ3) is 5.70. The number of ether oxygens (including phenoxy) is 1. The van der Waals surface area contributed by atoms with Crippen LogP contribution in [0.1, 0.15) is 44.4 Å². The van der Waals surface area contributed by atoms with Gasteiger partial charge >= 0.3 is 0 Å². The summed E-state index contributed by atoms with van der Waals surface area (Å²) in [4.78, 5) is 27.7. The van der Waals surface area contributed by atoms with Crippen LogP contribution in [-0.2, 0) is 16.1 Å². The second kappa shape index (κ2) is 10.1. The molecule has 0 aliphatic carbocycles. The molecule has 0 radical (unpaired) electrons. The molecule has 2 aromatic heterocycles. The maximum absolute atomic E-state index is 12.3. The van der Waals surface area contributed by atoms with Gasteiger partial charge in [-0.1, -0.05) is 32.0 Å². The molecule has 0 saturated carbocycles. The largest absolute Gasteiger partial charge is 0.483 e. The van der Waals surface area contributed by atoms with E-state index in [2.05, 4.69) is 29.5 Å². The maximum atomic E-state index is 12.3. The first-order valence-corrected chi connectivity index (χ1v) is 10.6. The summed E-state index contributed by atoms with van der Waals surface area (Å²) >= 11 is 1.31. The first-order valence-electron chi connectivity index (χ1n) is 9.77. The van der Waals surface area contributed by atoms with Crippen LogP contribution in [0, 0.1) is 0 Å². The number of hydrogen-bond acceptors (Lipinski definition) is 6. The first kappa shape index (κ1) is 21.6. The summed E-state index contributed by atoms with van der Waals surface area (Å²) in [5.74, 6) is 1.89. The zero-order valence-electron chi connectivity index (χ0n) is 17.2. The van der Waals surface area contributed by atoms with Gasteiger partial charge in [-0.2, -0.15) is 0 Å². The summed E-state index contributed by atoms with van der Waals surface area (Å²) in [6, 6.07) is 11.3. The van der Waals surface area contributed by atoms with Crippen molar-refractivity contribution >= 4 is 28.3 Å². The Morgan fingerprint density at radius 2 is 2.03 bits per heavy atom. The molecule has 2 heterocycles. The lowest BCUT2D eigenvalue weighted by Gasteiger charge is -2.15. The zero-order valence-corrected chi connectivity index (χ0v) is 18.0. The van der Waals surface area contributed by atoms with Crippen LogP contribution in [0.3, 0.4) is 0 Å². The van der Waals surface area contributed by atoms with Crippen LogP contribution in [-0.4, -0.2) is 23.4 Å². The molecule has 0 fully saturated rings. The molecule has 30 heavy (non-hydrogen) atoms.